The van der Waals surface area contributed by atoms with Gasteiger partial charge in [0.15, 0.2) is 0 Å². The Morgan fingerprint density at radius 1 is 0.689 bits per heavy atom. The second-order valence-corrected chi connectivity index (χ2v) is 13.1. The zero-order chi connectivity index (χ0) is 30.8. The minimum atomic E-state index is -1.02. The molecule has 1 N–H and O–H groups in total. The number of carboxylic acids is 1. The quantitative estimate of drug-likeness (QED) is 0.179. The van der Waals surface area contributed by atoms with Crippen LogP contribution in [0.4, 0.5) is 4.79 Å². The van der Waals surface area contributed by atoms with Gasteiger partial charge in [-0.3, -0.25) is 4.90 Å². The van der Waals surface area contributed by atoms with Gasteiger partial charge in [0.05, 0.1) is 4.75 Å². The number of carbonyl (C=O) groups is 2. The van der Waals surface area contributed by atoms with Gasteiger partial charge in [-0.05, 0) is 45.4 Å². The number of ether oxygens (including phenoxy) is 1. The van der Waals surface area contributed by atoms with E-state index in [0.717, 1.165) is 38.9 Å². The Morgan fingerprint density at radius 2 is 1.13 bits per heavy atom. The molecule has 1 fully saturated rings. The van der Waals surface area contributed by atoms with Gasteiger partial charge in [0.1, 0.15) is 12.6 Å². The summed E-state index contributed by atoms with van der Waals surface area (Å²) in [5.41, 5.74) is 7.82. The number of fused-ring (bicyclic) bond motifs is 3. The van der Waals surface area contributed by atoms with E-state index in [1.807, 2.05) is 78.9 Å². The molecule has 1 heterocycles. The van der Waals surface area contributed by atoms with Crippen molar-refractivity contribution in [3.05, 3.63) is 167 Å². The predicted octanol–water partition coefficient (Wildman–Crippen LogP) is 8.19. The van der Waals surface area contributed by atoms with Gasteiger partial charge in [-0.2, -0.15) is 0 Å². The van der Waals surface area contributed by atoms with Crippen LogP contribution in [0.3, 0.4) is 0 Å². The van der Waals surface area contributed by atoms with Gasteiger partial charge >= 0.3 is 12.1 Å². The monoisotopic (exact) mass is 611 g/mol. The van der Waals surface area contributed by atoms with Gasteiger partial charge in [0, 0.05) is 17.7 Å². The van der Waals surface area contributed by atoms with Gasteiger partial charge in [-0.1, -0.05) is 140 Å². The lowest BCUT2D eigenvalue weighted by Crippen LogP contribution is -2.41. The minimum absolute atomic E-state index is 0.0979. The Morgan fingerprint density at radius 3 is 1.60 bits per heavy atom. The van der Waals surface area contributed by atoms with Crippen LogP contribution in [0.5, 0.6) is 0 Å². The van der Waals surface area contributed by atoms with Gasteiger partial charge in [0.2, 0.25) is 0 Å². The summed E-state index contributed by atoms with van der Waals surface area (Å²) >= 11 is 1.71. The van der Waals surface area contributed by atoms with Crippen molar-refractivity contribution < 1.29 is 19.4 Å². The molecular formula is C39H33NO4S. The number of amides is 1. The summed E-state index contributed by atoms with van der Waals surface area (Å²) in [7, 11) is 0. The highest BCUT2D eigenvalue weighted by atomic mass is 32.2. The van der Waals surface area contributed by atoms with Crippen molar-refractivity contribution >= 4 is 23.8 Å². The third-order valence-electron chi connectivity index (χ3n) is 9.00. The van der Waals surface area contributed by atoms with E-state index < -0.39 is 22.9 Å². The first-order valence-electron chi connectivity index (χ1n) is 15.2. The molecule has 6 heteroatoms. The zero-order valence-electron chi connectivity index (χ0n) is 24.7. The average Bonchev–Trinajstić information content (AvgIpc) is 3.67. The first-order valence-corrected chi connectivity index (χ1v) is 16.1. The van der Waals surface area contributed by atoms with Crippen molar-refractivity contribution in [1.82, 2.24) is 4.90 Å². The van der Waals surface area contributed by atoms with Crippen LogP contribution in [-0.2, 0) is 14.3 Å². The first kappa shape index (κ1) is 28.9. The fraction of sp³-hybridized carbons (Fsp3) is 0.179. The number of rotatable bonds is 8. The van der Waals surface area contributed by atoms with Crippen molar-refractivity contribution in [3.63, 3.8) is 0 Å². The van der Waals surface area contributed by atoms with Crippen LogP contribution in [0, 0.1) is 0 Å². The van der Waals surface area contributed by atoms with Crippen LogP contribution < -0.4 is 0 Å². The van der Waals surface area contributed by atoms with E-state index in [2.05, 4.69) is 60.7 Å². The summed E-state index contributed by atoms with van der Waals surface area (Å²) < 4.78 is 5.33. The molecule has 5 nitrogen and oxygen atoms in total. The van der Waals surface area contributed by atoms with Crippen LogP contribution in [-0.4, -0.2) is 46.5 Å². The van der Waals surface area contributed by atoms with Gasteiger partial charge in [-0.25, -0.2) is 9.59 Å². The molecule has 0 radical (unpaired) electrons. The molecular weight excluding hydrogens is 578 g/mol. The molecule has 1 aliphatic heterocycles. The highest BCUT2D eigenvalue weighted by Crippen LogP contribution is 2.52. The topological polar surface area (TPSA) is 66.8 Å². The molecule has 5 aromatic rings. The maximum absolute atomic E-state index is 13.7. The van der Waals surface area contributed by atoms with E-state index in [9.17, 15) is 14.7 Å². The van der Waals surface area contributed by atoms with E-state index >= 15 is 0 Å². The second-order valence-electron chi connectivity index (χ2n) is 11.6. The summed E-state index contributed by atoms with van der Waals surface area (Å²) in [6.07, 6.45) is -0.268. The largest absolute Gasteiger partial charge is 0.480 e. The van der Waals surface area contributed by atoms with Crippen molar-refractivity contribution in [2.24, 2.45) is 0 Å². The summed E-state index contributed by atoms with van der Waals surface area (Å²) in [5.74, 6) is -1.12. The molecule has 1 aliphatic carbocycles. The molecule has 2 aliphatic rings. The number of aliphatic carboxylic acids is 1. The molecule has 7 rings (SSSR count). The van der Waals surface area contributed by atoms with E-state index in [-0.39, 0.29) is 24.3 Å². The summed E-state index contributed by atoms with van der Waals surface area (Å²) in [4.78, 5) is 27.7. The molecule has 1 amide bonds. The molecule has 5 aromatic carbocycles. The minimum Gasteiger partial charge on any atom is -0.480 e. The highest BCUT2D eigenvalue weighted by Gasteiger charge is 2.47. The SMILES string of the molecule is O=C(O)[C@@H]1CC(SC(c2ccccc2)(c2ccccc2)c2ccccc2)CN1C(=O)OCC1c2ccccc2-c2ccccc21. The number of thioether (sulfide) groups is 1. The van der Waals surface area contributed by atoms with Gasteiger partial charge in [0.25, 0.3) is 0 Å². The third kappa shape index (κ3) is 5.29. The fourth-order valence-electron chi connectivity index (χ4n) is 6.97. The van der Waals surface area contributed by atoms with Crippen LogP contribution >= 0.6 is 11.8 Å². The number of likely N-dealkylation sites (tertiary alicyclic amines) is 1. The molecule has 0 spiro atoms. The summed E-state index contributed by atoms with van der Waals surface area (Å²) in [6.45, 7) is 0.419. The number of nitrogens with zero attached hydrogens (tertiary/aromatic N) is 1. The molecule has 1 unspecified atom stereocenters. The lowest BCUT2D eigenvalue weighted by molar-refractivity contribution is -0.141. The second kappa shape index (κ2) is 12.3. The smallest absolute Gasteiger partial charge is 0.410 e. The van der Waals surface area contributed by atoms with E-state index in [4.69, 9.17) is 4.74 Å². The van der Waals surface area contributed by atoms with Crippen molar-refractivity contribution in [2.75, 3.05) is 13.2 Å². The highest BCUT2D eigenvalue weighted by molar-refractivity contribution is 8.01. The van der Waals surface area contributed by atoms with Crippen molar-refractivity contribution in [3.8, 4) is 11.1 Å². The average molecular weight is 612 g/mol. The maximum atomic E-state index is 13.7. The predicted molar refractivity (Wildman–Crippen MR) is 178 cm³/mol. The zero-order valence-corrected chi connectivity index (χ0v) is 25.5. The first-order chi connectivity index (χ1) is 22.1. The van der Waals surface area contributed by atoms with Gasteiger partial charge < -0.3 is 9.84 Å². The standard InChI is InChI=1S/C39H33NO4S/c41-37(42)36-24-30(25-40(36)38(43)44-26-35-33-22-12-10-20-31(33)32-21-11-13-23-34(32)35)45-39(27-14-4-1-5-15-27,28-16-6-2-7-17-28)29-18-8-3-9-19-29/h1-23,30,35-36H,24-26H2,(H,41,42)/t30?,36-/m0/s1. The lowest BCUT2D eigenvalue weighted by Gasteiger charge is -2.37. The number of hydrogen-bond acceptors (Lipinski definition) is 4. The van der Waals surface area contributed by atoms with Crippen LogP contribution in [0.2, 0.25) is 0 Å². The lowest BCUT2D eigenvalue weighted by atomic mass is 9.84. The summed E-state index contributed by atoms with van der Waals surface area (Å²) in [6, 6.07) is 46.4. The fourth-order valence-corrected chi connectivity index (χ4v) is 8.80. The number of hydrogen-bond donors (Lipinski definition) is 1. The normalized spacial score (nSPS) is 17.5. The summed E-state index contributed by atoms with van der Waals surface area (Å²) in [5, 5.41) is 10.1. The molecule has 2 atom stereocenters. The Hall–Kier alpha value is -4.81. The number of carbonyl (C=O) groups excluding carboxylic acids is 1. The van der Waals surface area contributed by atoms with E-state index in [1.165, 1.54) is 4.90 Å². The Labute approximate surface area is 267 Å². The Balaban J connectivity index is 1.18. The maximum Gasteiger partial charge on any atom is 0.410 e. The number of carboxylic acid groups (broad SMARTS) is 1. The van der Waals surface area contributed by atoms with Crippen molar-refractivity contribution in [2.45, 2.75) is 28.4 Å². The molecule has 224 valence electrons. The third-order valence-corrected chi connectivity index (χ3v) is 10.7. The molecule has 0 saturated carbocycles. The Kier molecular flexibility index (Phi) is 7.90. The molecule has 1 saturated heterocycles. The van der Waals surface area contributed by atoms with Gasteiger partial charge in [-0.15, -0.1) is 11.8 Å². The number of benzene rings is 5. The Bertz CT molecular complexity index is 1670. The van der Waals surface area contributed by atoms with Crippen molar-refractivity contribution in [1.29, 1.82) is 0 Å². The van der Waals surface area contributed by atoms with Crippen LogP contribution in [0.1, 0.15) is 40.2 Å². The molecule has 45 heavy (non-hydrogen) atoms. The van der Waals surface area contributed by atoms with E-state index in [0.29, 0.717) is 6.42 Å². The molecule has 0 bridgehead atoms. The van der Waals surface area contributed by atoms with Crippen LogP contribution in [0.15, 0.2) is 140 Å². The molecule has 0 aromatic heterocycles. The van der Waals surface area contributed by atoms with E-state index in [1.54, 1.807) is 11.8 Å². The van der Waals surface area contributed by atoms with Crippen LogP contribution in [0.25, 0.3) is 11.1 Å².